The molecule has 3 saturated heterocycles. The number of carbonyl (C=O) groups excluding carboxylic acids is 2. The molecule has 2 aromatic rings. The van der Waals surface area contributed by atoms with E-state index < -0.39 is 26.2 Å². The number of nitrogens with zero attached hydrogens (tertiary/aromatic N) is 2. The van der Waals surface area contributed by atoms with Gasteiger partial charge in [0.05, 0.1) is 0 Å². The zero-order valence-corrected chi connectivity index (χ0v) is 21.0. The number of amides is 2. The number of benzene rings is 2. The Morgan fingerprint density at radius 1 is 0.909 bits per heavy atom. The average Bonchev–Trinajstić information content (AvgIpc) is 2.97. The van der Waals surface area contributed by atoms with E-state index in [-0.39, 0.29) is 11.8 Å². The van der Waals surface area contributed by atoms with E-state index in [1.165, 1.54) is 0 Å². The number of piperazine rings is 1. The lowest BCUT2D eigenvalue weighted by atomic mass is 10.00. The van der Waals surface area contributed by atoms with Gasteiger partial charge in [0.1, 0.15) is 6.04 Å². The molecule has 0 N–H and O–H groups in total. The molecule has 2 aromatic carbocycles. The molecule has 3 aliphatic rings. The van der Waals surface area contributed by atoms with Crippen LogP contribution in [0.5, 0.6) is 0 Å². The van der Waals surface area contributed by atoms with Crippen LogP contribution in [0.4, 0.5) is 0 Å². The van der Waals surface area contributed by atoms with Crippen LogP contribution in [-0.4, -0.2) is 61.5 Å². The van der Waals surface area contributed by atoms with Gasteiger partial charge in [-0.15, -0.1) is 0 Å². The molecule has 2 amide bonds. The Labute approximate surface area is 197 Å². The van der Waals surface area contributed by atoms with Crippen LogP contribution in [0, 0.1) is 0 Å². The van der Waals surface area contributed by atoms with E-state index in [1.807, 2.05) is 48.5 Å². The molecule has 0 aliphatic carbocycles. The number of rotatable bonds is 8. The van der Waals surface area contributed by atoms with Gasteiger partial charge in [0.25, 0.3) is 5.91 Å². The van der Waals surface area contributed by atoms with Crippen LogP contribution in [-0.2, 0) is 31.7 Å². The predicted molar refractivity (Wildman–Crippen MR) is 130 cm³/mol. The van der Waals surface area contributed by atoms with Crippen LogP contribution < -0.4 is 0 Å². The first-order valence-corrected chi connectivity index (χ1v) is 15.1. The van der Waals surface area contributed by atoms with Gasteiger partial charge in [0.15, 0.2) is 20.1 Å². The fourth-order valence-corrected chi connectivity index (χ4v) is 6.40. The van der Waals surface area contributed by atoms with Crippen molar-refractivity contribution >= 4 is 20.1 Å². The normalized spacial score (nSPS) is 25.5. The van der Waals surface area contributed by atoms with Crippen molar-refractivity contribution in [1.82, 2.24) is 9.80 Å². The van der Waals surface area contributed by atoms with Crippen molar-refractivity contribution in [3.63, 3.8) is 0 Å². The van der Waals surface area contributed by atoms with Crippen molar-refractivity contribution < 1.29 is 18.8 Å². The monoisotopic (exact) mass is 466 g/mol. The highest BCUT2D eigenvalue weighted by Gasteiger charge is 2.60. The molecule has 3 heterocycles. The van der Waals surface area contributed by atoms with E-state index in [4.69, 9.17) is 9.16 Å². The topological polar surface area (TPSA) is 59.1 Å². The van der Waals surface area contributed by atoms with Crippen LogP contribution >= 0.6 is 0 Å². The number of fused-ring (bicyclic) bond motifs is 4. The molecule has 2 bridgehead atoms. The Bertz CT molecular complexity index is 979. The summed E-state index contributed by atoms with van der Waals surface area (Å²) in [5.41, 5.74) is 2.13. The summed E-state index contributed by atoms with van der Waals surface area (Å²) in [4.78, 5) is 31.3. The second-order valence-corrected chi connectivity index (χ2v) is 14.3. The van der Waals surface area contributed by atoms with Crippen LogP contribution in [0.2, 0.25) is 19.6 Å². The molecule has 176 valence electrons. The lowest BCUT2D eigenvalue weighted by Gasteiger charge is -2.48. The second-order valence-electron chi connectivity index (χ2n) is 9.91. The highest BCUT2D eigenvalue weighted by Crippen LogP contribution is 2.41. The second kappa shape index (κ2) is 9.41. The largest absolute Gasteiger partial charge is 0.389 e. The third-order valence-corrected chi connectivity index (χ3v) is 7.42. The van der Waals surface area contributed by atoms with Crippen molar-refractivity contribution in [3.05, 3.63) is 71.8 Å². The van der Waals surface area contributed by atoms with Gasteiger partial charge in [0, 0.05) is 26.6 Å². The SMILES string of the molecule is COC1(O[Si](C)(C)C)CCC2C(=O)N(Cc3ccccc3)C1C(=O)N2CCc1ccccc1. The third-order valence-electron chi connectivity index (χ3n) is 6.46. The molecular formula is C26H34N2O4Si. The van der Waals surface area contributed by atoms with Crippen LogP contribution in [0.15, 0.2) is 60.7 Å². The molecular weight excluding hydrogens is 432 g/mol. The maximum Gasteiger partial charge on any atom is 0.251 e. The number of methoxy groups -OCH3 is 1. The zero-order chi connectivity index (χ0) is 23.6. The van der Waals surface area contributed by atoms with Gasteiger partial charge in [-0.25, -0.2) is 0 Å². The van der Waals surface area contributed by atoms with Crippen molar-refractivity contribution in [2.45, 2.75) is 63.3 Å². The lowest BCUT2D eigenvalue weighted by molar-refractivity contribution is -0.218. The first kappa shape index (κ1) is 23.7. The Morgan fingerprint density at radius 3 is 2.09 bits per heavy atom. The minimum Gasteiger partial charge on any atom is -0.389 e. The van der Waals surface area contributed by atoms with Crippen molar-refractivity contribution in [1.29, 1.82) is 0 Å². The minimum absolute atomic E-state index is 0.0189. The number of ether oxygens (including phenoxy) is 1. The summed E-state index contributed by atoms with van der Waals surface area (Å²) in [6.45, 7) is 7.13. The van der Waals surface area contributed by atoms with Gasteiger partial charge in [-0.05, 0) is 43.6 Å². The van der Waals surface area contributed by atoms with Gasteiger partial charge in [0.2, 0.25) is 5.91 Å². The first-order valence-electron chi connectivity index (χ1n) is 11.7. The van der Waals surface area contributed by atoms with Gasteiger partial charge < -0.3 is 19.0 Å². The summed E-state index contributed by atoms with van der Waals surface area (Å²) < 4.78 is 12.6. The highest BCUT2D eigenvalue weighted by molar-refractivity contribution is 6.69. The Balaban J connectivity index is 1.70. The first-order chi connectivity index (χ1) is 15.7. The van der Waals surface area contributed by atoms with E-state index in [9.17, 15) is 9.59 Å². The number of hydrogen-bond donors (Lipinski definition) is 0. The highest BCUT2D eigenvalue weighted by atomic mass is 28.4. The van der Waals surface area contributed by atoms with E-state index in [0.29, 0.717) is 32.4 Å². The van der Waals surface area contributed by atoms with Crippen molar-refractivity contribution in [2.24, 2.45) is 0 Å². The Hall–Kier alpha value is -2.48. The molecule has 0 spiro atoms. The van der Waals surface area contributed by atoms with Crippen molar-refractivity contribution in [2.75, 3.05) is 13.7 Å². The molecule has 6 nitrogen and oxygen atoms in total. The van der Waals surface area contributed by atoms with Gasteiger partial charge in [-0.2, -0.15) is 0 Å². The lowest BCUT2D eigenvalue weighted by Crippen LogP contribution is -2.69. The van der Waals surface area contributed by atoms with E-state index in [0.717, 1.165) is 11.1 Å². The number of carbonyl (C=O) groups is 2. The quantitative estimate of drug-likeness (QED) is 0.438. The summed E-state index contributed by atoms with van der Waals surface area (Å²) in [7, 11) is -0.497. The van der Waals surface area contributed by atoms with Crippen molar-refractivity contribution in [3.8, 4) is 0 Å². The standard InChI is InChI=1S/C26H34N2O4Si/c1-31-26(32-33(2,3)4)17-15-22-24(29)28(19-21-13-9-6-10-14-21)23(26)25(30)27(22)18-16-20-11-7-5-8-12-20/h5-14,22-23H,15-19H2,1-4H3. The van der Waals surface area contributed by atoms with Crippen LogP contribution in [0.1, 0.15) is 24.0 Å². The predicted octanol–water partition coefficient (Wildman–Crippen LogP) is 3.83. The van der Waals surface area contributed by atoms with Crippen LogP contribution in [0.3, 0.4) is 0 Å². The zero-order valence-electron chi connectivity index (χ0n) is 20.0. The van der Waals surface area contributed by atoms with E-state index >= 15 is 0 Å². The molecule has 0 aromatic heterocycles. The summed E-state index contributed by atoms with van der Waals surface area (Å²) in [6.07, 6.45) is 1.74. The number of hydrogen-bond acceptors (Lipinski definition) is 4. The van der Waals surface area contributed by atoms with E-state index in [1.54, 1.807) is 16.9 Å². The van der Waals surface area contributed by atoms with Crippen LogP contribution in [0.25, 0.3) is 0 Å². The average molecular weight is 467 g/mol. The fraction of sp³-hybridized carbons (Fsp3) is 0.462. The molecule has 33 heavy (non-hydrogen) atoms. The smallest absolute Gasteiger partial charge is 0.251 e. The molecule has 0 saturated carbocycles. The molecule has 3 fully saturated rings. The minimum atomic E-state index is -2.10. The maximum atomic E-state index is 14.0. The molecule has 5 rings (SSSR count). The van der Waals surface area contributed by atoms with E-state index in [2.05, 4.69) is 31.8 Å². The maximum absolute atomic E-state index is 14.0. The molecule has 0 radical (unpaired) electrons. The summed E-state index contributed by atoms with van der Waals surface area (Å²) in [5, 5.41) is 0. The fourth-order valence-electron chi connectivity index (χ4n) is 5.07. The molecule has 7 heteroatoms. The molecule has 3 unspecified atom stereocenters. The Morgan fingerprint density at radius 2 is 1.52 bits per heavy atom. The van der Waals surface area contributed by atoms with Gasteiger partial charge in [-0.1, -0.05) is 60.7 Å². The third kappa shape index (κ3) is 4.90. The molecule has 3 atom stereocenters. The Kier molecular flexibility index (Phi) is 6.75. The summed E-state index contributed by atoms with van der Waals surface area (Å²) >= 11 is 0. The van der Waals surface area contributed by atoms with Gasteiger partial charge in [-0.3, -0.25) is 9.59 Å². The van der Waals surface area contributed by atoms with Gasteiger partial charge >= 0.3 is 0 Å². The summed E-state index contributed by atoms with van der Waals surface area (Å²) in [5.74, 6) is -1.24. The molecule has 3 aliphatic heterocycles. The summed E-state index contributed by atoms with van der Waals surface area (Å²) in [6, 6.07) is 18.6.